The Morgan fingerprint density at radius 1 is 0.767 bits per heavy atom. The van der Waals surface area contributed by atoms with Gasteiger partial charge in [0.2, 0.25) is 15.9 Å². The summed E-state index contributed by atoms with van der Waals surface area (Å²) in [6.07, 6.45) is -0.121. The van der Waals surface area contributed by atoms with Crippen LogP contribution in [0.4, 0.5) is 5.69 Å². The van der Waals surface area contributed by atoms with Gasteiger partial charge in [0, 0.05) is 10.8 Å². The molecule has 0 aliphatic carbocycles. The van der Waals surface area contributed by atoms with Gasteiger partial charge >= 0.3 is 0 Å². The van der Waals surface area contributed by atoms with E-state index in [0.717, 1.165) is 4.90 Å². The second-order valence-electron chi connectivity index (χ2n) is 9.74. The second-order valence-corrected chi connectivity index (χ2v) is 11.5. The SMILES string of the molecule is CCOc1c2c(c(OCC)c3ccccc13)C(=O)N(c1ccc(CS(=O)(=O)NC(=O)Cc3ccc(OC)cc3)cc1)C2=O. The highest BCUT2D eigenvalue weighted by Gasteiger charge is 2.43. The molecule has 0 unspecified atom stereocenters. The van der Waals surface area contributed by atoms with E-state index < -0.39 is 33.5 Å². The number of imide groups is 1. The third kappa shape index (κ3) is 5.89. The number of sulfonamides is 1. The molecule has 0 saturated heterocycles. The Bertz CT molecular complexity index is 1750. The standard InChI is InChI=1S/C32H30N2O8S/c1-4-41-29-24-8-6-7-9-25(24)30(42-5-2)28-27(29)31(36)34(32(28)37)22-14-10-21(11-15-22)19-43(38,39)33-26(35)18-20-12-16-23(40-3)17-13-20/h6-17H,4-5,18-19H2,1-3H3,(H,33,35). The molecule has 0 fully saturated rings. The largest absolute Gasteiger partial charge is 0.497 e. The fourth-order valence-electron chi connectivity index (χ4n) is 5.06. The van der Waals surface area contributed by atoms with Gasteiger partial charge in [-0.3, -0.25) is 19.1 Å². The number of amides is 3. The van der Waals surface area contributed by atoms with Crippen molar-refractivity contribution >= 4 is 44.2 Å². The number of rotatable bonds is 11. The zero-order valence-corrected chi connectivity index (χ0v) is 24.7. The Kier molecular flexibility index (Phi) is 8.36. The van der Waals surface area contributed by atoms with E-state index in [9.17, 15) is 22.8 Å². The zero-order valence-electron chi connectivity index (χ0n) is 23.9. The van der Waals surface area contributed by atoms with Crippen LogP contribution >= 0.6 is 0 Å². The van der Waals surface area contributed by atoms with Crippen LogP contribution in [-0.4, -0.2) is 46.5 Å². The summed E-state index contributed by atoms with van der Waals surface area (Å²) < 4.78 is 44.4. The summed E-state index contributed by atoms with van der Waals surface area (Å²) in [6, 6.07) is 20.0. The number of carbonyl (C=O) groups is 3. The lowest BCUT2D eigenvalue weighted by molar-refractivity contribution is -0.118. The fourth-order valence-corrected chi connectivity index (χ4v) is 6.18. The Labute approximate surface area is 249 Å². The molecule has 4 aromatic rings. The van der Waals surface area contributed by atoms with Gasteiger partial charge in [0.1, 0.15) is 17.2 Å². The van der Waals surface area contributed by atoms with Gasteiger partial charge in [-0.1, -0.05) is 48.5 Å². The van der Waals surface area contributed by atoms with Gasteiger partial charge in [-0.2, -0.15) is 0 Å². The minimum Gasteiger partial charge on any atom is -0.497 e. The minimum absolute atomic E-state index is 0.121. The molecule has 3 amide bonds. The van der Waals surface area contributed by atoms with Crippen molar-refractivity contribution < 1.29 is 37.0 Å². The van der Waals surface area contributed by atoms with E-state index in [1.807, 2.05) is 24.3 Å². The maximum atomic E-state index is 13.7. The van der Waals surface area contributed by atoms with Crippen LogP contribution in [0.1, 0.15) is 45.7 Å². The third-order valence-corrected chi connectivity index (χ3v) is 8.13. The van der Waals surface area contributed by atoms with Gasteiger partial charge in [0.05, 0.1) is 49.3 Å². The number of fused-ring (bicyclic) bond motifs is 2. The van der Waals surface area contributed by atoms with E-state index in [1.165, 1.54) is 31.4 Å². The van der Waals surface area contributed by atoms with Crippen LogP contribution < -0.4 is 23.8 Å². The van der Waals surface area contributed by atoms with E-state index >= 15 is 0 Å². The van der Waals surface area contributed by atoms with Crippen molar-refractivity contribution in [2.24, 2.45) is 0 Å². The maximum Gasteiger partial charge on any atom is 0.270 e. The molecule has 222 valence electrons. The molecular weight excluding hydrogens is 572 g/mol. The minimum atomic E-state index is -4.01. The van der Waals surface area contributed by atoms with Gasteiger partial charge in [-0.25, -0.2) is 13.3 Å². The predicted octanol–water partition coefficient (Wildman–Crippen LogP) is 4.64. The van der Waals surface area contributed by atoms with E-state index in [-0.39, 0.29) is 36.4 Å². The maximum absolute atomic E-state index is 13.7. The number of nitrogens with one attached hydrogen (secondary N) is 1. The van der Waals surface area contributed by atoms with Crippen molar-refractivity contribution in [2.45, 2.75) is 26.0 Å². The first-order chi connectivity index (χ1) is 20.7. The summed E-state index contributed by atoms with van der Waals surface area (Å²) in [5.74, 6) is -1.04. The summed E-state index contributed by atoms with van der Waals surface area (Å²) >= 11 is 0. The van der Waals surface area contributed by atoms with E-state index in [4.69, 9.17) is 14.2 Å². The number of benzene rings is 4. The van der Waals surface area contributed by atoms with Crippen LogP contribution in [0.3, 0.4) is 0 Å². The summed E-state index contributed by atoms with van der Waals surface area (Å²) in [4.78, 5) is 40.9. The molecule has 1 heterocycles. The molecule has 4 aromatic carbocycles. The quantitative estimate of drug-likeness (QED) is 0.246. The number of methoxy groups -OCH3 is 1. The first kappa shape index (κ1) is 29.6. The highest BCUT2D eigenvalue weighted by Crippen LogP contribution is 2.46. The molecule has 1 aliphatic rings. The summed E-state index contributed by atoms with van der Waals surface area (Å²) in [5.41, 5.74) is 1.50. The lowest BCUT2D eigenvalue weighted by Gasteiger charge is -2.15. The summed E-state index contributed by atoms with van der Waals surface area (Å²) in [6.45, 7) is 4.16. The van der Waals surface area contributed by atoms with Crippen LogP contribution in [0.2, 0.25) is 0 Å². The lowest BCUT2D eigenvalue weighted by atomic mass is 9.99. The van der Waals surface area contributed by atoms with Crippen LogP contribution in [-0.2, 0) is 27.0 Å². The first-order valence-corrected chi connectivity index (χ1v) is 15.3. The van der Waals surface area contributed by atoms with Crippen molar-refractivity contribution in [1.29, 1.82) is 0 Å². The lowest BCUT2D eigenvalue weighted by Crippen LogP contribution is -2.32. The molecule has 5 rings (SSSR count). The highest BCUT2D eigenvalue weighted by molar-refractivity contribution is 7.89. The van der Waals surface area contributed by atoms with Crippen LogP contribution in [0.25, 0.3) is 10.8 Å². The van der Waals surface area contributed by atoms with Crippen LogP contribution in [0, 0.1) is 0 Å². The Morgan fingerprint density at radius 2 is 1.28 bits per heavy atom. The van der Waals surface area contributed by atoms with Crippen LogP contribution in [0.15, 0.2) is 72.8 Å². The molecule has 1 aliphatic heterocycles. The van der Waals surface area contributed by atoms with Crippen molar-refractivity contribution in [2.75, 3.05) is 25.2 Å². The van der Waals surface area contributed by atoms with Crippen molar-refractivity contribution in [3.05, 3.63) is 95.1 Å². The van der Waals surface area contributed by atoms with Gasteiger partial charge in [-0.15, -0.1) is 0 Å². The van der Waals surface area contributed by atoms with Gasteiger partial charge < -0.3 is 14.2 Å². The third-order valence-electron chi connectivity index (χ3n) is 6.88. The number of hydrogen-bond acceptors (Lipinski definition) is 8. The first-order valence-electron chi connectivity index (χ1n) is 13.7. The normalized spacial score (nSPS) is 12.8. The average Bonchev–Trinajstić information content (AvgIpc) is 3.24. The molecule has 0 spiro atoms. The molecule has 0 saturated carbocycles. The second kappa shape index (κ2) is 12.1. The Morgan fingerprint density at radius 3 is 1.77 bits per heavy atom. The summed E-state index contributed by atoms with van der Waals surface area (Å²) in [7, 11) is -2.49. The number of anilines is 1. The smallest absolute Gasteiger partial charge is 0.270 e. The highest BCUT2D eigenvalue weighted by atomic mass is 32.2. The molecule has 0 aromatic heterocycles. The van der Waals surface area contributed by atoms with Crippen molar-refractivity contribution in [3.8, 4) is 17.2 Å². The molecular formula is C32H30N2O8S. The van der Waals surface area contributed by atoms with Gasteiger partial charge in [0.15, 0.2) is 0 Å². The molecule has 11 heteroatoms. The molecule has 0 radical (unpaired) electrons. The van der Waals surface area contributed by atoms with E-state index in [0.29, 0.717) is 39.1 Å². The summed E-state index contributed by atoms with van der Waals surface area (Å²) in [5, 5.41) is 1.31. The number of carbonyl (C=O) groups excluding carboxylic acids is 3. The van der Waals surface area contributed by atoms with Gasteiger partial charge in [0.25, 0.3) is 11.8 Å². The Hall–Kier alpha value is -4.90. The number of hydrogen-bond donors (Lipinski definition) is 1. The fraction of sp³-hybridized carbons (Fsp3) is 0.219. The number of ether oxygens (including phenoxy) is 3. The molecule has 1 N–H and O–H groups in total. The zero-order chi connectivity index (χ0) is 30.7. The van der Waals surface area contributed by atoms with Crippen molar-refractivity contribution in [3.63, 3.8) is 0 Å². The van der Waals surface area contributed by atoms with E-state index in [2.05, 4.69) is 4.72 Å². The molecule has 0 bridgehead atoms. The average molecular weight is 603 g/mol. The molecule has 43 heavy (non-hydrogen) atoms. The predicted molar refractivity (Wildman–Crippen MR) is 161 cm³/mol. The van der Waals surface area contributed by atoms with Gasteiger partial charge in [-0.05, 0) is 49.2 Å². The Balaban J connectivity index is 1.37. The topological polar surface area (TPSA) is 128 Å². The van der Waals surface area contributed by atoms with Crippen LogP contribution in [0.5, 0.6) is 17.2 Å². The van der Waals surface area contributed by atoms with E-state index in [1.54, 1.807) is 38.1 Å². The number of nitrogens with zero attached hydrogens (tertiary/aromatic N) is 1. The molecule has 0 atom stereocenters. The monoisotopic (exact) mass is 602 g/mol. The molecule has 10 nitrogen and oxygen atoms in total. The van der Waals surface area contributed by atoms with Crippen molar-refractivity contribution in [1.82, 2.24) is 4.72 Å².